The predicted molar refractivity (Wildman–Crippen MR) is 57.4 cm³/mol. The fourth-order valence-electron chi connectivity index (χ4n) is 1.20. The highest BCUT2D eigenvalue weighted by Gasteiger charge is 2.12. The number of ketones is 2. The number of carbonyl (C=O) groups excluding carboxylic acids is 3. The molecule has 0 aromatic heterocycles. The van der Waals surface area contributed by atoms with E-state index in [1.54, 1.807) is 6.92 Å². The molecule has 1 N–H and O–H groups in total. The van der Waals surface area contributed by atoms with E-state index in [2.05, 4.69) is 5.32 Å². The first-order chi connectivity index (χ1) is 6.90. The van der Waals surface area contributed by atoms with Crippen molar-refractivity contribution >= 4 is 17.5 Å². The molecule has 0 fully saturated rings. The lowest BCUT2D eigenvalue weighted by molar-refractivity contribution is -0.120. The van der Waals surface area contributed by atoms with Crippen LogP contribution in [0.2, 0.25) is 0 Å². The van der Waals surface area contributed by atoms with Crippen LogP contribution in [0.1, 0.15) is 33.6 Å². The monoisotopic (exact) mass is 211 g/mol. The van der Waals surface area contributed by atoms with Gasteiger partial charge in [-0.3, -0.25) is 14.4 Å². The zero-order valence-electron chi connectivity index (χ0n) is 9.64. The van der Waals surface area contributed by atoms with Crippen LogP contribution in [-0.4, -0.2) is 24.5 Å². The number of nitrogens with one attached hydrogen (secondary N) is 1. The second-order valence-electron chi connectivity index (χ2n) is 3.39. The third-order valence-electron chi connectivity index (χ3n) is 2.29. The maximum absolute atomic E-state index is 11.2. The maximum Gasteiger partial charge on any atom is 0.220 e. The average Bonchev–Trinajstić information content (AvgIpc) is 2.16. The van der Waals surface area contributed by atoms with Gasteiger partial charge in [-0.15, -0.1) is 0 Å². The van der Waals surface area contributed by atoms with Gasteiger partial charge < -0.3 is 5.32 Å². The van der Waals surface area contributed by atoms with Gasteiger partial charge in [-0.1, -0.05) is 0 Å². The highest BCUT2D eigenvalue weighted by molar-refractivity contribution is 6.04. The Bertz CT molecular complexity index is 316. The largest absolute Gasteiger partial charge is 0.359 e. The summed E-state index contributed by atoms with van der Waals surface area (Å²) in [6, 6.07) is 0. The van der Waals surface area contributed by atoms with Gasteiger partial charge in [-0.25, -0.2) is 0 Å². The molecule has 4 nitrogen and oxygen atoms in total. The molecule has 0 aliphatic carbocycles. The summed E-state index contributed by atoms with van der Waals surface area (Å²) in [6.45, 7) is 4.44. The summed E-state index contributed by atoms with van der Waals surface area (Å²) in [6.07, 6.45) is 0.552. The number of carbonyl (C=O) groups is 3. The van der Waals surface area contributed by atoms with Crippen molar-refractivity contribution in [2.45, 2.75) is 33.6 Å². The van der Waals surface area contributed by atoms with Crippen LogP contribution in [-0.2, 0) is 14.4 Å². The maximum atomic E-state index is 11.2. The van der Waals surface area contributed by atoms with Crippen LogP contribution in [0.3, 0.4) is 0 Å². The number of rotatable bonds is 5. The fourth-order valence-corrected chi connectivity index (χ4v) is 1.20. The second kappa shape index (κ2) is 6.11. The minimum absolute atomic E-state index is 0.128. The van der Waals surface area contributed by atoms with E-state index in [4.69, 9.17) is 0 Å². The lowest BCUT2D eigenvalue weighted by atomic mass is 9.98. The summed E-state index contributed by atoms with van der Waals surface area (Å²) in [7, 11) is 1.54. The van der Waals surface area contributed by atoms with E-state index in [0.29, 0.717) is 17.6 Å². The van der Waals surface area contributed by atoms with Gasteiger partial charge in [0.2, 0.25) is 5.91 Å². The van der Waals surface area contributed by atoms with Gasteiger partial charge in [0.25, 0.3) is 0 Å². The van der Waals surface area contributed by atoms with E-state index in [-0.39, 0.29) is 23.9 Å². The number of hydrogen-bond donors (Lipinski definition) is 1. The van der Waals surface area contributed by atoms with Crippen LogP contribution in [0.25, 0.3) is 0 Å². The number of allylic oxidation sites excluding steroid dienone is 2. The summed E-state index contributed by atoms with van der Waals surface area (Å²) in [5.74, 6) is -0.409. The number of Topliss-reactive ketones (excluding diaryl/α,β-unsaturated/α-hetero) is 2. The van der Waals surface area contributed by atoms with Crippen molar-refractivity contribution in [3.05, 3.63) is 11.1 Å². The molecule has 15 heavy (non-hydrogen) atoms. The lowest BCUT2D eigenvalue weighted by Crippen LogP contribution is -2.18. The smallest absolute Gasteiger partial charge is 0.220 e. The van der Waals surface area contributed by atoms with E-state index in [1.807, 2.05) is 0 Å². The SMILES string of the molecule is CNC(=O)CC/C(C(C)=O)=C(\C)C(C)=O. The van der Waals surface area contributed by atoms with Crippen molar-refractivity contribution in [3.8, 4) is 0 Å². The van der Waals surface area contributed by atoms with Crippen molar-refractivity contribution in [2.24, 2.45) is 0 Å². The fraction of sp³-hybridized carbons (Fsp3) is 0.545. The molecule has 0 rings (SSSR count). The number of hydrogen-bond acceptors (Lipinski definition) is 3. The number of amides is 1. The minimum Gasteiger partial charge on any atom is -0.359 e. The Morgan fingerprint density at radius 1 is 0.933 bits per heavy atom. The van der Waals surface area contributed by atoms with Crippen molar-refractivity contribution in [2.75, 3.05) is 7.05 Å². The molecule has 0 heterocycles. The van der Waals surface area contributed by atoms with Gasteiger partial charge in [-0.05, 0) is 32.8 Å². The molecular formula is C11H17NO3. The van der Waals surface area contributed by atoms with Crippen molar-refractivity contribution in [1.29, 1.82) is 0 Å². The zero-order valence-corrected chi connectivity index (χ0v) is 9.64. The standard InChI is InChI=1S/C11H17NO3/c1-7(8(2)13)10(9(3)14)5-6-11(15)12-4/h5-6H2,1-4H3,(H,12,15)/b10-7-. The molecule has 4 heteroatoms. The van der Waals surface area contributed by atoms with Gasteiger partial charge in [0.15, 0.2) is 11.6 Å². The summed E-state index contributed by atoms with van der Waals surface area (Å²) in [4.78, 5) is 33.3. The summed E-state index contributed by atoms with van der Waals surface area (Å²) in [5.41, 5.74) is 0.900. The van der Waals surface area contributed by atoms with E-state index >= 15 is 0 Å². The van der Waals surface area contributed by atoms with Crippen LogP contribution in [0.5, 0.6) is 0 Å². The van der Waals surface area contributed by atoms with Gasteiger partial charge in [0, 0.05) is 19.0 Å². The normalized spacial score (nSPS) is 11.7. The molecule has 0 spiro atoms. The molecule has 84 valence electrons. The minimum atomic E-state index is -0.147. The Morgan fingerprint density at radius 2 is 1.47 bits per heavy atom. The van der Waals surface area contributed by atoms with Gasteiger partial charge in [0.1, 0.15) is 0 Å². The zero-order chi connectivity index (χ0) is 12.0. The molecule has 0 bridgehead atoms. The Labute approximate surface area is 89.7 Å². The molecule has 0 atom stereocenters. The first-order valence-electron chi connectivity index (χ1n) is 4.82. The molecule has 0 saturated heterocycles. The highest BCUT2D eigenvalue weighted by atomic mass is 16.1. The molecular weight excluding hydrogens is 194 g/mol. The Balaban J connectivity index is 4.71. The molecule has 0 aliphatic rings. The van der Waals surface area contributed by atoms with Crippen LogP contribution in [0.4, 0.5) is 0 Å². The van der Waals surface area contributed by atoms with Gasteiger partial charge in [0.05, 0.1) is 0 Å². The summed E-state index contributed by atoms with van der Waals surface area (Å²) in [5, 5.41) is 2.47. The first kappa shape index (κ1) is 13.5. The predicted octanol–water partition coefficient (Wildman–Crippen LogP) is 1.01. The molecule has 0 saturated carbocycles. The highest BCUT2D eigenvalue weighted by Crippen LogP contribution is 2.13. The van der Waals surface area contributed by atoms with E-state index in [9.17, 15) is 14.4 Å². The van der Waals surface area contributed by atoms with Crippen molar-refractivity contribution in [3.63, 3.8) is 0 Å². The Kier molecular flexibility index (Phi) is 5.52. The molecule has 0 radical (unpaired) electrons. The van der Waals surface area contributed by atoms with Crippen LogP contribution < -0.4 is 5.32 Å². The Morgan fingerprint density at radius 3 is 1.80 bits per heavy atom. The van der Waals surface area contributed by atoms with E-state index in [1.165, 1.54) is 20.9 Å². The second-order valence-corrected chi connectivity index (χ2v) is 3.39. The molecule has 0 aromatic carbocycles. The van der Waals surface area contributed by atoms with Gasteiger partial charge >= 0.3 is 0 Å². The lowest BCUT2D eigenvalue weighted by Gasteiger charge is -2.06. The first-order valence-corrected chi connectivity index (χ1v) is 4.82. The summed E-state index contributed by atoms with van der Waals surface area (Å²) >= 11 is 0. The van der Waals surface area contributed by atoms with Crippen LogP contribution >= 0.6 is 0 Å². The van der Waals surface area contributed by atoms with Crippen LogP contribution in [0, 0.1) is 0 Å². The quantitative estimate of drug-likeness (QED) is 0.690. The average molecular weight is 211 g/mol. The third kappa shape index (κ3) is 4.54. The van der Waals surface area contributed by atoms with Gasteiger partial charge in [-0.2, -0.15) is 0 Å². The van der Waals surface area contributed by atoms with Crippen LogP contribution in [0.15, 0.2) is 11.1 Å². The topological polar surface area (TPSA) is 63.2 Å². The third-order valence-corrected chi connectivity index (χ3v) is 2.29. The molecule has 0 unspecified atom stereocenters. The van der Waals surface area contributed by atoms with E-state index in [0.717, 1.165) is 0 Å². The molecule has 0 aromatic rings. The Hall–Kier alpha value is -1.45. The van der Waals surface area contributed by atoms with Crippen molar-refractivity contribution in [1.82, 2.24) is 5.32 Å². The summed E-state index contributed by atoms with van der Waals surface area (Å²) < 4.78 is 0. The molecule has 0 aliphatic heterocycles. The molecule has 1 amide bonds. The van der Waals surface area contributed by atoms with E-state index < -0.39 is 0 Å². The van der Waals surface area contributed by atoms with Crippen molar-refractivity contribution < 1.29 is 14.4 Å².